The van der Waals surface area contributed by atoms with E-state index in [9.17, 15) is 27.6 Å². The lowest BCUT2D eigenvalue weighted by Crippen LogP contribution is -2.19. The van der Waals surface area contributed by atoms with Gasteiger partial charge >= 0.3 is 12.1 Å². The molecule has 0 bridgehead atoms. The van der Waals surface area contributed by atoms with Crippen molar-refractivity contribution in [1.29, 1.82) is 0 Å². The van der Waals surface area contributed by atoms with Crippen LogP contribution in [-0.2, 0) is 13.2 Å². The fraction of sp³-hybridized carbons (Fsp3) is 0.100. The molecule has 11 heteroatoms. The third-order valence-corrected chi connectivity index (χ3v) is 4.77. The monoisotopic (exact) mass is 430 g/mol. The van der Waals surface area contributed by atoms with E-state index < -0.39 is 29.2 Å². The molecule has 0 aliphatic carbocycles. The maximum atomic E-state index is 12.8. The van der Waals surface area contributed by atoms with Gasteiger partial charge in [-0.2, -0.15) is 22.8 Å². The smallest absolute Gasteiger partial charge is 0.416 e. The Morgan fingerprint density at radius 2 is 1.74 bits per heavy atom. The molecule has 0 aliphatic rings. The number of carboxylic acid groups (broad SMARTS) is 1. The summed E-state index contributed by atoms with van der Waals surface area (Å²) < 4.78 is 40.5. The first-order chi connectivity index (χ1) is 14.6. The molecule has 2 aromatic heterocycles. The van der Waals surface area contributed by atoms with Crippen LogP contribution in [0.15, 0.2) is 53.3 Å². The first-order valence-electron chi connectivity index (χ1n) is 8.80. The zero-order chi connectivity index (χ0) is 22.5. The summed E-state index contributed by atoms with van der Waals surface area (Å²) in [5, 5.41) is 15.6. The molecule has 158 valence electrons. The van der Waals surface area contributed by atoms with Crippen molar-refractivity contribution >= 4 is 34.1 Å². The Hall–Kier alpha value is -4.15. The van der Waals surface area contributed by atoms with E-state index in [1.807, 2.05) is 0 Å². The van der Waals surface area contributed by atoms with Crippen LogP contribution in [0.4, 0.5) is 18.9 Å². The first kappa shape index (κ1) is 20.1. The van der Waals surface area contributed by atoms with Crippen LogP contribution in [-0.4, -0.2) is 31.2 Å². The lowest BCUT2D eigenvalue weighted by Gasteiger charge is -2.11. The highest BCUT2D eigenvalue weighted by Crippen LogP contribution is 2.29. The summed E-state index contributed by atoms with van der Waals surface area (Å²) in [5.41, 5.74) is -0.755. The second-order valence-electron chi connectivity index (χ2n) is 6.73. The second kappa shape index (κ2) is 6.97. The lowest BCUT2D eigenvalue weighted by molar-refractivity contribution is -0.137. The van der Waals surface area contributed by atoms with E-state index in [0.717, 1.165) is 28.8 Å². The number of carbonyl (C=O) groups excluding carboxylic acids is 1. The molecule has 2 N–H and O–H groups in total. The molecule has 0 saturated heterocycles. The molecule has 0 radical (unpaired) electrons. The molecule has 0 unspecified atom stereocenters. The van der Waals surface area contributed by atoms with Gasteiger partial charge in [-0.15, -0.1) is 0 Å². The number of fused-ring (bicyclic) bond motifs is 2. The van der Waals surface area contributed by atoms with Crippen LogP contribution in [0.25, 0.3) is 16.6 Å². The van der Waals surface area contributed by atoms with Crippen LogP contribution in [0.1, 0.15) is 26.4 Å². The zero-order valence-electron chi connectivity index (χ0n) is 15.8. The summed E-state index contributed by atoms with van der Waals surface area (Å²) in [6, 6.07) is 9.46. The Balaban J connectivity index is 1.71. The molecular formula is C20H13F3N4O4. The Kier molecular flexibility index (Phi) is 4.53. The maximum absolute atomic E-state index is 12.8. The van der Waals surface area contributed by atoms with Crippen molar-refractivity contribution in [2.75, 3.05) is 5.32 Å². The van der Waals surface area contributed by atoms with E-state index in [-0.39, 0.29) is 28.0 Å². The van der Waals surface area contributed by atoms with Crippen LogP contribution >= 0.6 is 0 Å². The number of aromatic nitrogens is 3. The summed E-state index contributed by atoms with van der Waals surface area (Å²) in [6.07, 6.45) is -4.51. The van der Waals surface area contributed by atoms with Crippen LogP contribution in [0.3, 0.4) is 0 Å². The van der Waals surface area contributed by atoms with E-state index in [1.165, 1.54) is 18.2 Å². The number of rotatable bonds is 3. The Bertz CT molecular complexity index is 1420. The summed E-state index contributed by atoms with van der Waals surface area (Å²) in [4.78, 5) is 36.4. The third kappa shape index (κ3) is 3.50. The van der Waals surface area contributed by atoms with Gasteiger partial charge in [0, 0.05) is 24.4 Å². The van der Waals surface area contributed by atoms with E-state index in [1.54, 1.807) is 17.7 Å². The van der Waals surface area contributed by atoms with Crippen LogP contribution in [0.2, 0.25) is 0 Å². The predicted octanol–water partition coefficient (Wildman–Crippen LogP) is 3.16. The highest BCUT2D eigenvalue weighted by molar-refractivity contribution is 6.05. The first-order valence-corrected chi connectivity index (χ1v) is 8.80. The summed E-state index contributed by atoms with van der Waals surface area (Å²) >= 11 is 0. The minimum atomic E-state index is -4.51. The van der Waals surface area contributed by atoms with Crippen molar-refractivity contribution < 1.29 is 27.9 Å². The highest BCUT2D eigenvalue weighted by atomic mass is 19.4. The molecule has 4 aromatic rings. The minimum absolute atomic E-state index is 0.00891. The molecule has 0 fully saturated rings. The molecule has 0 spiro atoms. The number of amides is 1. The average Bonchev–Trinajstić information content (AvgIpc) is 3.18. The quantitative estimate of drug-likeness (QED) is 0.520. The fourth-order valence-corrected chi connectivity index (χ4v) is 3.19. The third-order valence-electron chi connectivity index (χ3n) is 4.77. The molecular weight excluding hydrogens is 417 g/mol. The highest BCUT2D eigenvalue weighted by Gasteiger charge is 2.30. The molecule has 0 saturated carbocycles. The standard InChI is InChI=1S/C20H13F3N4O4/c1-26-15-7-6-12(24-17(28)10-2-4-11(5-3-10)20(21,22)23)8-13(15)18(29)27-16(26)9-14(25-27)19(30)31/h2-9H,1H3,(H,24,28)(H,30,31). The zero-order valence-corrected chi connectivity index (χ0v) is 15.8. The largest absolute Gasteiger partial charge is 0.476 e. The number of carboxylic acids is 1. The number of halogens is 3. The Morgan fingerprint density at radius 3 is 2.35 bits per heavy atom. The number of hydrogen-bond donors (Lipinski definition) is 2. The fourth-order valence-electron chi connectivity index (χ4n) is 3.19. The number of aromatic carboxylic acids is 1. The number of nitrogens with zero attached hydrogens (tertiary/aromatic N) is 3. The Morgan fingerprint density at radius 1 is 1.06 bits per heavy atom. The van der Waals surface area contributed by atoms with E-state index in [4.69, 9.17) is 5.11 Å². The van der Waals surface area contributed by atoms with Gasteiger partial charge < -0.3 is 15.0 Å². The molecule has 0 aliphatic heterocycles. The topological polar surface area (TPSA) is 106 Å². The van der Waals surface area contributed by atoms with Crippen molar-refractivity contribution in [2.24, 2.45) is 7.05 Å². The molecule has 4 rings (SSSR count). The number of nitrogens with one attached hydrogen (secondary N) is 1. The molecule has 1 amide bonds. The summed E-state index contributed by atoms with van der Waals surface area (Å²) in [5.74, 6) is -1.94. The van der Waals surface area contributed by atoms with Crippen LogP contribution in [0.5, 0.6) is 0 Å². The number of aryl methyl sites for hydroxylation is 1. The summed E-state index contributed by atoms with van der Waals surface area (Å²) in [6.45, 7) is 0. The lowest BCUT2D eigenvalue weighted by atomic mass is 10.1. The number of anilines is 1. The van der Waals surface area contributed by atoms with Crippen molar-refractivity contribution in [3.63, 3.8) is 0 Å². The number of hydrogen-bond acceptors (Lipinski definition) is 4. The second-order valence-corrected chi connectivity index (χ2v) is 6.73. The van der Waals surface area contributed by atoms with Gasteiger partial charge in [-0.25, -0.2) is 4.79 Å². The van der Waals surface area contributed by atoms with Gasteiger partial charge in [-0.3, -0.25) is 9.59 Å². The van der Waals surface area contributed by atoms with Gasteiger partial charge in [-0.1, -0.05) is 0 Å². The molecule has 0 atom stereocenters. The van der Waals surface area contributed by atoms with E-state index in [0.29, 0.717) is 5.52 Å². The van der Waals surface area contributed by atoms with Gasteiger partial charge in [0.05, 0.1) is 16.5 Å². The van der Waals surface area contributed by atoms with Crippen molar-refractivity contribution in [1.82, 2.24) is 14.2 Å². The average molecular weight is 430 g/mol. The SMILES string of the molecule is Cn1c2ccc(NC(=O)c3ccc(C(F)(F)F)cc3)cc2c(=O)n2nc(C(=O)O)cc12. The molecule has 2 aromatic carbocycles. The number of benzene rings is 2. The molecule has 31 heavy (non-hydrogen) atoms. The van der Waals surface area contributed by atoms with Gasteiger partial charge in [-0.05, 0) is 42.5 Å². The van der Waals surface area contributed by atoms with Crippen LogP contribution < -0.4 is 10.9 Å². The van der Waals surface area contributed by atoms with Crippen LogP contribution in [0, 0.1) is 0 Å². The maximum Gasteiger partial charge on any atom is 0.416 e. The normalized spacial score (nSPS) is 11.7. The van der Waals surface area contributed by atoms with E-state index >= 15 is 0 Å². The molecule has 2 heterocycles. The predicted molar refractivity (Wildman–Crippen MR) is 104 cm³/mol. The van der Waals surface area contributed by atoms with Crippen molar-refractivity contribution in [2.45, 2.75) is 6.18 Å². The summed E-state index contributed by atoms with van der Waals surface area (Å²) in [7, 11) is 1.63. The molecule has 8 nitrogen and oxygen atoms in total. The van der Waals surface area contributed by atoms with E-state index in [2.05, 4.69) is 10.4 Å². The Labute approximate surface area is 171 Å². The van der Waals surface area contributed by atoms with Gasteiger partial charge in [0.1, 0.15) is 5.65 Å². The van der Waals surface area contributed by atoms with Crippen molar-refractivity contribution in [3.05, 3.63) is 75.7 Å². The number of alkyl halides is 3. The van der Waals surface area contributed by atoms with Gasteiger partial charge in [0.25, 0.3) is 11.5 Å². The minimum Gasteiger partial charge on any atom is -0.476 e. The van der Waals surface area contributed by atoms with Gasteiger partial charge in [0.15, 0.2) is 5.69 Å². The van der Waals surface area contributed by atoms with Gasteiger partial charge in [0.2, 0.25) is 0 Å². The number of carbonyl (C=O) groups is 2. The van der Waals surface area contributed by atoms with Crippen molar-refractivity contribution in [3.8, 4) is 0 Å².